The standard InChI is InChI=1S/C12H16N4/c1-12(5-2-6-12)9-13-10-4-8-16-11(15-10)3-7-14-16/h3-4,7-8H,2,5-6,9H2,1H3,(H,13,15). The van der Waals surface area contributed by atoms with Crippen molar-refractivity contribution in [2.75, 3.05) is 11.9 Å². The fourth-order valence-electron chi connectivity index (χ4n) is 2.17. The third kappa shape index (κ3) is 1.64. The van der Waals surface area contributed by atoms with Gasteiger partial charge in [0.05, 0.1) is 6.20 Å². The quantitative estimate of drug-likeness (QED) is 0.856. The molecule has 2 aromatic rings. The van der Waals surface area contributed by atoms with Crippen molar-refractivity contribution in [1.29, 1.82) is 0 Å². The molecule has 1 saturated carbocycles. The van der Waals surface area contributed by atoms with Crippen LogP contribution in [0.25, 0.3) is 5.65 Å². The van der Waals surface area contributed by atoms with Gasteiger partial charge in [-0.1, -0.05) is 13.3 Å². The molecule has 1 aliphatic carbocycles. The molecule has 2 aromatic heterocycles. The van der Waals surface area contributed by atoms with Crippen molar-refractivity contribution in [3.63, 3.8) is 0 Å². The molecule has 0 aliphatic heterocycles. The van der Waals surface area contributed by atoms with E-state index in [9.17, 15) is 0 Å². The first-order chi connectivity index (χ1) is 7.75. The molecule has 4 nitrogen and oxygen atoms in total. The van der Waals surface area contributed by atoms with Crippen LogP contribution in [-0.4, -0.2) is 21.1 Å². The molecule has 1 aliphatic rings. The summed E-state index contributed by atoms with van der Waals surface area (Å²) in [5.41, 5.74) is 1.37. The van der Waals surface area contributed by atoms with E-state index in [1.54, 1.807) is 10.7 Å². The Hall–Kier alpha value is -1.58. The molecule has 0 radical (unpaired) electrons. The number of nitrogens with one attached hydrogen (secondary N) is 1. The fraction of sp³-hybridized carbons (Fsp3) is 0.500. The molecule has 2 heterocycles. The van der Waals surface area contributed by atoms with Crippen LogP contribution in [0.1, 0.15) is 26.2 Å². The third-order valence-electron chi connectivity index (χ3n) is 3.51. The number of nitrogens with zero attached hydrogens (tertiary/aromatic N) is 3. The van der Waals surface area contributed by atoms with Gasteiger partial charge in [0, 0.05) is 18.8 Å². The zero-order valence-corrected chi connectivity index (χ0v) is 9.48. The lowest BCUT2D eigenvalue weighted by atomic mass is 9.70. The Morgan fingerprint density at radius 3 is 3.06 bits per heavy atom. The maximum Gasteiger partial charge on any atom is 0.157 e. The number of anilines is 1. The van der Waals surface area contributed by atoms with Crippen LogP contribution in [0.3, 0.4) is 0 Å². The Morgan fingerprint density at radius 1 is 1.44 bits per heavy atom. The lowest BCUT2D eigenvalue weighted by Gasteiger charge is -2.38. The number of aromatic nitrogens is 3. The van der Waals surface area contributed by atoms with Crippen LogP contribution in [0.5, 0.6) is 0 Å². The van der Waals surface area contributed by atoms with Gasteiger partial charge in [0.2, 0.25) is 0 Å². The number of rotatable bonds is 3. The zero-order chi connectivity index (χ0) is 11.0. The van der Waals surface area contributed by atoms with Gasteiger partial charge in [0.25, 0.3) is 0 Å². The van der Waals surface area contributed by atoms with Crippen molar-refractivity contribution in [3.8, 4) is 0 Å². The second-order valence-corrected chi connectivity index (χ2v) is 4.96. The molecule has 0 bridgehead atoms. The predicted octanol–water partition coefficient (Wildman–Crippen LogP) is 2.33. The number of hydrogen-bond acceptors (Lipinski definition) is 3. The Labute approximate surface area is 94.7 Å². The summed E-state index contributed by atoms with van der Waals surface area (Å²) >= 11 is 0. The van der Waals surface area contributed by atoms with Gasteiger partial charge in [-0.05, 0) is 24.3 Å². The van der Waals surface area contributed by atoms with Crippen molar-refractivity contribution < 1.29 is 0 Å². The Balaban J connectivity index is 1.73. The van der Waals surface area contributed by atoms with E-state index in [-0.39, 0.29) is 0 Å². The highest BCUT2D eigenvalue weighted by molar-refractivity contribution is 5.45. The summed E-state index contributed by atoms with van der Waals surface area (Å²) in [6, 6.07) is 3.89. The van der Waals surface area contributed by atoms with Gasteiger partial charge < -0.3 is 5.32 Å². The van der Waals surface area contributed by atoms with E-state index in [0.29, 0.717) is 5.41 Å². The fourth-order valence-corrected chi connectivity index (χ4v) is 2.17. The van der Waals surface area contributed by atoms with Crippen LogP contribution < -0.4 is 5.32 Å². The van der Waals surface area contributed by atoms with Crippen molar-refractivity contribution in [1.82, 2.24) is 14.6 Å². The van der Waals surface area contributed by atoms with Gasteiger partial charge in [0.1, 0.15) is 5.82 Å². The van der Waals surface area contributed by atoms with E-state index in [0.717, 1.165) is 18.0 Å². The molecule has 3 rings (SSSR count). The Bertz CT molecular complexity index is 498. The molecule has 0 saturated heterocycles. The molecule has 4 heteroatoms. The van der Waals surface area contributed by atoms with Crippen molar-refractivity contribution in [3.05, 3.63) is 24.5 Å². The summed E-state index contributed by atoms with van der Waals surface area (Å²) in [7, 11) is 0. The van der Waals surface area contributed by atoms with Crippen LogP contribution in [0.15, 0.2) is 24.5 Å². The monoisotopic (exact) mass is 216 g/mol. The van der Waals surface area contributed by atoms with E-state index in [4.69, 9.17) is 0 Å². The molecular weight excluding hydrogens is 200 g/mol. The molecule has 0 spiro atoms. The SMILES string of the molecule is CC1(CNc2ccn3nccc3n2)CCC1. The van der Waals surface area contributed by atoms with Crippen LogP contribution >= 0.6 is 0 Å². The molecule has 0 unspecified atom stereocenters. The smallest absolute Gasteiger partial charge is 0.157 e. The summed E-state index contributed by atoms with van der Waals surface area (Å²) < 4.78 is 1.77. The van der Waals surface area contributed by atoms with Crippen LogP contribution in [0.4, 0.5) is 5.82 Å². The second-order valence-electron chi connectivity index (χ2n) is 4.96. The normalized spacial score (nSPS) is 18.3. The maximum absolute atomic E-state index is 4.49. The molecule has 1 N–H and O–H groups in total. The lowest BCUT2D eigenvalue weighted by molar-refractivity contribution is 0.180. The minimum Gasteiger partial charge on any atom is -0.369 e. The molecule has 16 heavy (non-hydrogen) atoms. The van der Waals surface area contributed by atoms with Gasteiger partial charge in [-0.25, -0.2) is 9.50 Å². The second kappa shape index (κ2) is 3.47. The van der Waals surface area contributed by atoms with Gasteiger partial charge in [0.15, 0.2) is 5.65 Å². The van der Waals surface area contributed by atoms with E-state index in [1.165, 1.54) is 19.3 Å². The van der Waals surface area contributed by atoms with Crippen molar-refractivity contribution in [2.24, 2.45) is 5.41 Å². The predicted molar refractivity (Wildman–Crippen MR) is 63.4 cm³/mol. The highest BCUT2D eigenvalue weighted by atomic mass is 15.2. The van der Waals surface area contributed by atoms with E-state index >= 15 is 0 Å². The first-order valence-corrected chi connectivity index (χ1v) is 5.80. The summed E-state index contributed by atoms with van der Waals surface area (Å²) in [5.74, 6) is 0.945. The van der Waals surface area contributed by atoms with E-state index in [1.807, 2.05) is 18.3 Å². The maximum atomic E-state index is 4.49. The average molecular weight is 216 g/mol. The summed E-state index contributed by atoms with van der Waals surface area (Å²) in [4.78, 5) is 4.49. The number of fused-ring (bicyclic) bond motifs is 1. The topological polar surface area (TPSA) is 42.2 Å². The van der Waals surface area contributed by atoms with Gasteiger partial charge >= 0.3 is 0 Å². The minimum atomic E-state index is 0.480. The highest BCUT2D eigenvalue weighted by Gasteiger charge is 2.31. The molecular formula is C12H16N4. The Morgan fingerprint density at radius 2 is 2.31 bits per heavy atom. The molecule has 0 amide bonds. The summed E-state index contributed by atoms with van der Waals surface area (Å²) in [6.45, 7) is 3.35. The molecule has 0 aromatic carbocycles. The Kier molecular flexibility index (Phi) is 2.09. The molecule has 84 valence electrons. The average Bonchev–Trinajstić information content (AvgIpc) is 2.70. The van der Waals surface area contributed by atoms with Crippen LogP contribution in [-0.2, 0) is 0 Å². The largest absolute Gasteiger partial charge is 0.369 e. The van der Waals surface area contributed by atoms with Gasteiger partial charge in [-0.3, -0.25) is 0 Å². The van der Waals surface area contributed by atoms with Gasteiger partial charge in [-0.15, -0.1) is 0 Å². The van der Waals surface area contributed by atoms with Crippen LogP contribution in [0.2, 0.25) is 0 Å². The lowest BCUT2D eigenvalue weighted by Crippen LogP contribution is -2.33. The zero-order valence-electron chi connectivity index (χ0n) is 9.48. The van der Waals surface area contributed by atoms with Crippen molar-refractivity contribution in [2.45, 2.75) is 26.2 Å². The first kappa shape index (κ1) is 9.63. The van der Waals surface area contributed by atoms with Crippen molar-refractivity contribution >= 4 is 11.5 Å². The van der Waals surface area contributed by atoms with E-state index < -0.39 is 0 Å². The summed E-state index contributed by atoms with van der Waals surface area (Å²) in [5, 5.41) is 7.54. The summed E-state index contributed by atoms with van der Waals surface area (Å²) in [6.07, 6.45) is 7.73. The first-order valence-electron chi connectivity index (χ1n) is 5.80. The highest BCUT2D eigenvalue weighted by Crippen LogP contribution is 2.40. The molecule has 1 fully saturated rings. The van der Waals surface area contributed by atoms with Crippen LogP contribution in [0, 0.1) is 5.41 Å². The molecule has 0 atom stereocenters. The number of hydrogen-bond donors (Lipinski definition) is 1. The third-order valence-corrected chi connectivity index (χ3v) is 3.51. The minimum absolute atomic E-state index is 0.480. The van der Waals surface area contributed by atoms with E-state index in [2.05, 4.69) is 22.3 Å². The van der Waals surface area contributed by atoms with Gasteiger partial charge in [-0.2, -0.15) is 5.10 Å².